The van der Waals surface area contributed by atoms with Crippen LogP contribution in [-0.2, 0) is 14.3 Å². The largest absolute Gasteiger partial charge is 0.452 e. The van der Waals surface area contributed by atoms with Crippen molar-refractivity contribution in [2.45, 2.75) is 38.6 Å². The molecule has 0 unspecified atom stereocenters. The Bertz CT molecular complexity index is 531. The van der Waals surface area contributed by atoms with Crippen LogP contribution in [0.25, 0.3) is 6.08 Å². The molecule has 1 amide bonds. The summed E-state index contributed by atoms with van der Waals surface area (Å²) in [6, 6.07) is 8.04. The van der Waals surface area contributed by atoms with E-state index in [9.17, 15) is 9.59 Å². The van der Waals surface area contributed by atoms with Crippen molar-refractivity contribution in [3.8, 4) is 0 Å². The molecule has 0 saturated heterocycles. The molecular formula is C17H21NO3. The molecule has 1 N–H and O–H groups in total. The van der Waals surface area contributed by atoms with Crippen LogP contribution in [0.1, 0.15) is 36.8 Å². The number of hydrogen-bond donors (Lipinski definition) is 1. The molecule has 112 valence electrons. The lowest BCUT2D eigenvalue weighted by atomic mass is 10.1. The zero-order chi connectivity index (χ0) is 15.1. The third kappa shape index (κ3) is 5.42. The lowest BCUT2D eigenvalue weighted by Gasteiger charge is -2.11. The zero-order valence-corrected chi connectivity index (χ0v) is 12.3. The molecule has 0 atom stereocenters. The lowest BCUT2D eigenvalue weighted by Crippen LogP contribution is -2.35. The molecule has 0 radical (unpaired) electrons. The molecule has 1 aliphatic carbocycles. The molecule has 1 aromatic carbocycles. The number of amides is 1. The normalized spacial score (nSPS) is 15.3. The van der Waals surface area contributed by atoms with E-state index in [1.807, 2.05) is 31.2 Å². The van der Waals surface area contributed by atoms with Gasteiger partial charge in [0, 0.05) is 12.1 Å². The van der Waals surface area contributed by atoms with Gasteiger partial charge in [-0.3, -0.25) is 4.79 Å². The number of rotatable bonds is 5. The molecule has 0 aromatic heterocycles. The first-order valence-corrected chi connectivity index (χ1v) is 7.34. The SMILES string of the molecule is Cc1cccc(/C=C/C(=O)OCC(=O)NC2CCCC2)c1. The number of hydrogen-bond acceptors (Lipinski definition) is 3. The standard InChI is InChI=1S/C17H21NO3/c1-13-5-4-6-14(11-13)9-10-17(20)21-12-16(19)18-15-7-2-3-8-15/h4-6,9-11,15H,2-3,7-8,12H2,1H3,(H,18,19)/b10-9+. The van der Waals surface area contributed by atoms with Gasteiger partial charge in [0.25, 0.3) is 5.91 Å². The van der Waals surface area contributed by atoms with Crippen molar-refractivity contribution in [3.63, 3.8) is 0 Å². The quantitative estimate of drug-likeness (QED) is 0.669. The molecule has 0 aliphatic heterocycles. The summed E-state index contributed by atoms with van der Waals surface area (Å²) in [7, 11) is 0. The average Bonchev–Trinajstić information content (AvgIpc) is 2.96. The molecule has 0 spiro atoms. The third-order valence-electron chi connectivity index (χ3n) is 3.52. The van der Waals surface area contributed by atoms with Gasteiger partial charge in [0.15, 0.2) is 6.61 Å². The Hall–Kier alpha value is -2.10. The summed E-state index contributed by atoms with van der Waals surface area (Å²) in [5.41, 5.74) is 2.06. The van der Waals surface area contributed by atoms with Gasteiger partial charge in [0.2, 0.25) is 0 Å². The molecule has 4 heteroatoms. The molecule has 1 aliphatic rings. The number of benzene rings is 1. The van der Waals surface area contributed by atoms with Crippen molar-refractivity contribution >= 4 is 18.0 Å². The monoisotopic (exact) mass is 287 g/mol. The predicted molar refractivity (Wildman–Crippen MR) is 81.6 cm³/mol. The van der Waals surface area contributed by atoms with E-state index in [1.165, 1.54) is 6.08 Å². The first kappa shape index (κ1) is 15.3. The summed E-state index contributed by atoms with van der Waals surface area (Å²) in [6.07, 6.45) is 7.38. The summed E-state index contributed by atoms with van der Waals surface area (Å²) in [5, 5.41) is 2.88. The van der Waals surface area contributed by atoms with E-state index in [-0.39, 0.29) is 18.6 Å². The van der Waals surface area contributed by atoms with Gasteiger partial charge < -0.3 is 10.1 Å². The minimum atomic E-state index is -0.502. The second-order valence-electron chi connectivity index (χ2n) is 5.40. The maximum absolute atomic E-state index is 11.6. The van der Waals surface area contributed by atoms with Crippen molar-refractivity contribution < 1.29 is 14.3 Å². The highest BCUT2D eigenvalue weighted by molar-refractivity contribution is 5.89. The van der Waals surface area contributed by atoms with Gasteiger partial charge in [-0.2, -0.15) is 0 Å². The third-order valence-corrected chi connectivity index (χ3v) is 3.52. The van der Waals surface area contributed by atoms with Crippen LogP contribution < -0.4 is 5.32 Å². The molecule has 1 saturated carbocycles. The van der Waals surface area contributed by atoms with E-state index in [0.29, 0.717) is 0 Å². The Balaban J connectivity index is 1.72. The van der Waals surface area contributed by atoms with Gasteiger partial charge in [-0.25, -0.2) is 4.79 Å². The van der Waals surface area contributed by atoms with E-state index in [0.717, 1.165) is 36.8 Å². The van der Waals surface area contributed by atoms with Gasteiger partial charge in [0.1, 0.15) is 0 Å². The van der Waals surface area contributed by atoms with Crippen molar-refractivity contribution in [2.24, 2.45) is 0 Å². The van der Waals surface area contributed by atoms with Gasteiger partial charge in [-0.15, -0.1) is 0 Å². The fourth-order valence-electron chi connectivity index (χ4n) is 2.46. The van der Waals surface area contributed by atoms with Gasteiger partial charge in [0.05, 0.1) is 0 Å². The highest BCUT2D eigenvalue weighted by Gasteiger charge is 2.17. The smallest absolute Gasteiger partial charge is 0.331 e. The number of carbonyl (C=O) groups is 2. The maximum atomic E-state index is 11.6. The fourth-order valence-corrected chi connectivity index (χ4v) is 2.46. The summed E-state index contributed by atoms with van der Waals surface area (Å²) < 4.78 is 4.93. The van der Waals surface area contributed by atoms with E-state index in [4.69, 9.17) is 4.74 Å². The van der Waals surface area contributed by atoms with Crippen molar-refractivity contribution in [2.75, 3.05) is 6.61 Å². The minimum Gasteiger partial charge on any atom is -0.452 e. The molecule has 1 aromatic rings. The van der Waals surface area contributed by atoms with Crippen LogP contribution in [0.5, 0.6) is 0 Å². The van der Waals surface area contributed by atoms with Crippen LogP contribution in [0.4, 0.5) is 0 Å². The maximum Gasteiger partial charge on any atom is 0.331 e. The molecule has 1 fully saturated rings. The predicted octanol–water partition coefficient (Wildman–Crippen LogP) is 2.61. The number of ether oxygens (including phenoxy) is 1. The number of esters is 1. The molecule has 0 heterocycles. The van der Waals surface area contributed by atoms with Crippen molar-refractivity contribution in [3.05, 3.63) is 41.5 Å². The van der Waals surface area contributed by atoms with Crippen molar-refractivity contribution in [1.82, 2.24) is 5.32 Å². The van der Waals surface area contributed by atoms with Gasteiger partial charge in [-0.05, 0) is 31.4 Å². The highest BCUT2D eigenvalue weighted by Crippen LogP contribution is 2.17. The average molecular weight is 287 g/mol. The van der Waals surface area contributed by atoms with Crippen LogP contribution in [0.3, 0.4) is 0 Å². The summed E-state index contributed by atoms with van der Waals surface area (Å²) in [6.45, 7) is 1.77. The zero-order valence-electron chi connectivity index (χ0n) is 12.3. The molecule has 0 bridgehead atoms. The first-order chi connectivity index (χ1) is 10.1. The van der Waals surface area contributed by atoms with Crippen LogP contribution >= 0.6 is 0 Å². The Morgan fingerprint density at radius 1 is 1.33 bits per heavy atom. The van der Waals surface area contributed by atoms with Crippen LogP contribution in [0, 0.1) is 6.92 Å². The highest BCUT2D eigenvalue weighted by atomic mass is 16.5. The summed E-state index contributed by atoms with van der Waals surface area (Å²) >= 11 is 0. The molecule has 4 nitrogen and oxygen atoms in total. The Kier molecular flexibility index (Phi) is 5.55. The molecular weight excluding hydrogens is 266 g/mol. The van der Waals surface area contributed by atoms with Crippen molar-refractivity contribution in [1.29, 1.82) is 0 Å². The Morgan fingerprint density at radius 3 is 2.81 bits per heavy atom. The molecule has 21 heavy (non-hydrogen) atoms. The van der Waals surface area contributed by atoms with Crippen LogP contribution in [0.15, 0.2) is 30.3 Å². The Labute approximate surface area is 125 Å². The molecule has 2 rings (SSSR count). The Morgan fingerprint density at radius 2 is 2.10 bits per heavy atom. The van der Waals surface area contributed by atoms with Gasteiger partial charge in [-0.1, -0.05) is 42.7 Å². The fraction of sp³-hybridized carbons (Fsp3) is 0.412. The number of aryl methyl sites for hydroxylation is 1. The topological polar surface area (TPSA) is 55.4 Å². The van der Waals surface area contributed by atoms with Crippen LogP contribution in [0.2, 0.25) is 0 Å². The van der Waals surface area contributed by atoms with E-state index in [2.05, 4.69) is 5.32 Å². The second-order valence-corrected chi connectivity index (χ2v) is 5.40. The second kappa shape index (κ2) is 7.62. The van der Waals surface area contributed by atoms with E-state index in [1.54, 1.807) is 6.08 Å². The minimum absolute atomic E-state index is 0.215. The van der Waals surface area contributed by atoms with E-state index >= 15 is 0 Å². The lowest BCUT2D eigenvalue weighted by molar-refractivity contribution is -0.144. The van der Waals surface area contributed by atoms with Crippen LogP contribution in [-0.4, -0.2) is 24.5 Å². The van der Waals surface area contributed by atoms with Gasteiger partial charge >= 0.3 is 5.97 Å². The summed E-state index contributed by atoms with van der Waals surface area (Å²) in [5.74, 6) is -0.725. The summed E-state index contributed by atoms with van der Waals surface area (Å²) in [4.78, 5) is 23.2. The van der Waals surface area contributed by atoms with E-state index < -0.39 is 5.97 Å². The number of carbonyl (C=O) groups excluding carboxylic acids is 2. The number of nitrogens with one attached hydrogen (secondary N) is 1. The first-order valence-electron chi connectivity index (χ1n) is 7.34.